The number of carbonyl (C=O) groups excluding carboxylic acids is 4. The Morgan fingerprint density at radius 1 is 1.02 bits per heavy atom. The highest BCUT2D eigenvalue weighted by Gasteiger charge is 2.72. The van der Waals surface area contributed by atoms with E-state index in [2.05, 4.69) is 13.8 Å². The largest absolute Gasteiger partial charge is 0.508 e. The van der Waals surface area contributed by atoms with Crippen LogP contribution in [0, 0.1) is 28.6 Å². The number of Topliss-reactive ketones (excluding diaryl/α,β-unsaturated/α-hetero) is 4. The molecule has 8 nitrogen and oxygen atoms in total. The number of aryl methyl sites for hydroxylation is 1. The Kier molecular flexibility index (Phi) is 7.66. The molecule has 41 heavy (non-hydrogen) atoms. The minimum Gasteiger partial charge on any atom is -0.508 e. The van der Waals surface area contributed by atoms with Gasteiger partial charge in [-0.1, -0.05) is 47.6 Å². The van der Waals surface area contributed by atoms with Crippen molar-refractivity contribution in [3.05, 3.63) is 45.7 Å². The second kappa shape index (κ2) is 10.2. The van der Waals surface area contributed by atoms with Crippen LogP contribution < -0.4 is 0 Å². The second-order valence-electron chi connectivity index (χ2n) is 13.5. The van der Waals surface area contributed by atoms with Gasteiger partial charge in [0.1, 0.15) is 28.6 Å². The molecule has 0 aliphatic heterocycles. The average molecular weight is 567 g/mol. The van der Waals surface area contributed by atoms with Crippen molar-refractivity contribution in [2.45, 2.75) is 92.6 Å². The number of hydrogen-bond acceptors (Lipinski definition) is 8. The number of ketones is 4. The fourth-order valence-corrected chi connectivity index (χ4v) is 7.86. The molecule has 0 spiro atoms. The lowest BCUT2D eigenvalue weighted by molar-refractivity contribution is -0.178. The van der Waals surface area contributed by atoms with Crippen LogP contribution in [-0.4, -0.2) is 49.2 Å². The number of aliphatic hydroxyl groups excluding tert-OH is 2. The van der Waals surface area contributed by atoms with Crippen LogP contribution in [0.1, 0.15) is 90.8 Å². The monoisotopic (exact) mass is 566 g/mol. The number of rotatable bonds is 8. The zero-order valence-corrected chi connectivity index (χ0v) is 25.1. The first kappa shape index (κ1) is 30.7. The van der Waals surface area contributed by atoms with Gasteiger partial charge in [-0.05, 0) is 61.6 Å². The van der Waals surface area contributed by atoms with Crippen molar-refractivity contribution >= 4 is 28.9 Å². The lowest BCUT2D eigenvalue weighted by Gasteiger charge is -2.59. The molecule has 4 N–H and O–H groups in total. The molecule has 1 fully saturated rings. The van der Waals surface area contributed by atoms with E-state index in [1.54, 1.807) is 33.8 Å². The van der Waals surface area contributed by atoms with E-state index < -0.39 is 56.8 Å². The van der Waals surface area contributed by atoms with Crippen LogP contribution in [0.15, 0.2) is 29.0 Å². The smallest absolute Gasteiger partial charge is 0.203 e. The van der Waals surface area contributed by atoms with Crippen LogP contribution in [0.3, 0.4) is 0 Å². The Labute approximate surface area is 241 Å². The fraction of sp³-hybridized carbons (Fsp3) is 0.576. The van der Waals surface area contributed by atoms with Crippen molar-refractivity contribution in [2.75, 3.05) is 0 Å². The van der Waals surface area contributed by atoms with Crippen LogP contribution in [-0.2, 0) is 32.0 Å². The number of fused-ring (bicyclic) bond motifs is 3. The normalized spacial score (nSPS) is 29.6. The third kappa shape index (κ3) is 4.46. The van der Waals surface area contributed by atoms with Gasteiger partial charge in [0.25, 0.3) is 0 Å². The molecule has 0 aromatic heterocycles. The third-order valence-electron chi connectivity index (χ3n) is 9.66. The van der Waals surface area contributed by atoms with Gasteiger partial charge in [0.2, 0.25) is 5.78 Å². The minimum atomic E-state index is -2.63. The Morgan fingerprint density at radius 2 is 1.66 bits per heavy atom. The number of aliphatic hydroxyl groups is 3. The number of hydrogen-bond donors (Lipinski definition) is 4. The maximum atomic E-state index is 14.3. The molecule has 3 aliphatic rings. The van der Waals surface area contributed by atoms with E-state index in [0.717, 1.165) is 18.9 Å². The van der Waals surface area contributed by atoms with Gasteiger partial charge in [0.05, 0.1) is 5.56 Å². The molecule has 3 aliphatic carbocycles. The summed E-state index contributed by atoms with van der Waals surface area (Å²) in [4.78, 5) is 53.0. The number of phenols is 1. The van der Waals surface area contributed by atoms with Crippen LogP contribution in [0.25, 0.3) is 5.76 Å². The first-order valence-corrected chi connectivity index (χ1v) is 14.5. The van der Waals surface area contributed by atoms with E-state index in [0.29, 0.717) is 30.7 Å². The van der Waals surface area contributed by atoms with Gasteiger partial charge in [0.15, 0.2) is 17.2 Å². The number of phenolic OH excluding ortho intramolecular Hbond substituents is 1. The highest BCUT2D eigenvalue weighted by atomic mass is 16.3. The molecule has 0 saturated heterocycles. The minimum absolute atomic E-state index is 0.0350. The Balaban J connectivity index is 1.89. The Morgan fingerprint density at radius 3 is 2.22 bits per heavy atom. The standard InChI is InChI=1S/C33H42O8/c1-16(2)8-11-20(35)12-9-19-10-13-22(36)24-21(19)14-31(6)15-32(7)25(17(3)4)27(37)23(18(5)34)29(39)33(32,41)30(40)26(31)28(24)38/h10,13,16-17,25,36,38-39,41H,8-9,11-12,14-15H2,1-7H3/t25?,31-,32-,33+/m1/s1. The second-order valence-corrected chi connectivity index (χ2v) is 13.5. The van der Waals surface area contributed by atoms with Gasteiger partial charge in [-0.15, -0.1) is 0 Å². The molecule has 4 rings (SSSR count). The van der Waals surface area contributed by atoms with E-state index in [9.17, 15) is 39.6 Å². The number of allylic oxidation sites excluding steroid dienone is 1. The summed E-state index contributed by atoms with van der Waals surface area (Å²) in [6.45, 7) is 12.1. The predicted molar refractivity (Wildman–Crippen MR) is 153 cm³/mol. The molecule has 4 atom stereocenters. The highest BCUT2D eigenvalue weighted by molar-refractivity contribution is 6.24. The molecular formula is C33H42O8. The zero-order valence-electron chi connectivity index (χ0n) is 25.1. The summed E-state index contributed by atoms with van der Waals surface area (Å²) in [5.41, 5.74) is -4.53. The van der Waals surface area contributed by atoms with Gasteiger partial charge in [-0.3, -0.25) is 19.2 Å². The van der Waals surface area contributed by atoms with Crippen LogP contribution in [0.5, 0.6) is 5.75 Å². The molecule has 0 radical (unpaired) electrons. The maximum absolute atomic E-state index is 14.3. The zero-order chi connectivity index (χ0) is 30.8. The molecule has 1 aromatic rings. The van der Waals surface area contributed by atoms with Crippen LogP contribution in [0.4, 0.5) is 0 Å². The summed E-state index contributed by atoms with van der Waals surface area (Å²) in [7, 11) is 0. The number of aromatic hydroxyl groups is 1. The molecule has 0 heterocycles. The van der Waals surface area contributed by atoms with Crippen molar-refractivity contribution in [3.63, 3.8) is 0 Å². The summed E-state index contributed by atoms with van der Waals surface area (Å²) in [5.74, 6) is -4.91. The number of benzene rings is 1. The quantitative estimate of drug-likeness (QED) is 0.317. The van der Waals surface area contributed by atoms with E-state index in [-0.39, 0.29) is 41.4 Å². The average Bonchev–Trinajstić information content (AvgIpc) is 2.84. The van der Waals surface area contributed by atoms with E-state index >= 15 is 0 Å². The molecule has 222 valence electrons. The topological polar surface area (TPSA) is 149 Å². The van der Waals surface area contributed by atoms with Gasteiger partial charge in [-0.25, -0.2) is 0 Å². The first-order chi connectivity index (χ1) is 18.9. The maximum Gasteiger partial charge on any atom is 0.203 e. The van der Waals surface area contributed by atoms with Crippen LogP contribution in [0.2, 0.25) is 0 Å². The van der Waals surface area contributed by atoms with E-state index in [1.165, 1.54) is 6.07 Å². The van der Waals surface area contributed by atoms with E-state index in [4.69, 9.17) is 0 Å². The molecule has 1 unspecified atom stereocenters. The van der Waals surface area contributed by atoms with Crippen molar-refractivity contribution < 1.29 is 39.6 Å². The van der Waals surface area contributed by atoms with Gasteiger partial charge in [0, 0.05) is 35.2 Å². The van der Waals surface area contributed by atoms with Crippen molar-refractivity contribution in [1.82, 2.24) is 0 Å². The Hall–Kier alpha value is -3.26. The van der Waals surface area contributed by atoms with Crippen molar-refractivity contribution in [3.8, 4) is 5.75 Å². The van der Waals surface area contributed by atoms with Crippen molar-refractivity contribution in [2.24, 2.45) is 28.6 Å². The third-order valence-corrected chi connectivity index (χ3v) is 9.66. The molecule has 0 bridgehead atoms. The lowest BCUT2D eigenvalue weighted by atomic mass is 9.43. The summed E-state index contributed by atoms with van der Waals surface area (Å²) < 4.78 is 0. The lowest BCUT2D eigenvalue weighted by Crippen LogP contribution is -2.69. The molecule has 0 amide bonds. The van der Waals surface area contributed by atoms with Crippen LogP contribution >= 0.6 is 0 Å². The number of carbonyl (C=O) groups is 4. The molecular weight excluding hydrogens is 524 g/mol. The fourth-order valence-electron chi connectivity index (χ4n) is 7.86. The summed E-state index contributed by atoms with van der Waals surface area (Å²) >= 11 is 0. The van der Waals surface area contributed by atoms with Gasteiger partial charge >= 0.3 is 0 Å². The summed E-state index contributed by atoms with van der Waals surface area (Å²) in [6.07, 6.45) is 2.19. The van der Waals surface area contributed by atoms with Crippen molar-refractivity contribution in [1.29, 1.82) is 0 Å². The highest BCUT2D eigenvalue weighted by Crippen LogP contribution is 2.65. The molecule has 1 aromatic carbocycles. The van der Waals surface area contributed by atoms with Gasteiger partial charge in [-0.2, -0.15) is 0 Å². The first-order valence-electron chi connectivity index (χ1n) is 14.5. The summed E-state index contributed by atoms with van der Waals surface area (Å²) in [6, 6.07) is 3.14. The van der Waals surface area contributed by atoms with E-state index in [1.807, 2.05) is 0 Å². The SMILES string of the molecule is CC(=O)C1=C(O)[C@]2(O)C(=O)C3=C(O)c4c(O)ccc(CCC(=O)CCC(C)C)c4C[C@]3(C)C[C@]2(C)C(C(C)C)C1=O. The molecule has 1 saturated carbocycles. The molecule has 8 heteroatoms. The Bertz CT molecular complexity index is 1410. The summed E-state index contributed by atoms with van der Waals surface area (Å²) in [5, 5.41) is 45.8. The predicted octanol–water partition coefficient (Wildman–Crippen LogP) is 5.13. The van der Waals surface area contributed by atoms with Gasteiger partial charge < -0.3 is 20.4 Å².